The molecule has 0 spiro atoms. The maximum Gasteiger partial charge on any atom is 0.399 e. The maximum atomic E-state index is 14.8. The summed E-state index contributed by atoms with van der Waals surface area (Å²) >= 11 is 0.976. The molecule has 388 valence electrons. The Bertz CT molecular complexity index is 2880. The smallest absolute Gasteiger partial charge is 0.376 e. The lowest BCUT2D eigenvalue weighted by atomic mass is 9.85. The van der Waals surface area contributed by atoms with Gasteiger partial charge in [0.2, 0.25) is 23.6 Å². The summed E-state index contributed by atoms with van der Waals surface area (Å²) in [5.74, 6) is 4.05. The van der Waals surface area contributed by atoms with E-state index in [4.69, 9.17) is 9.47 Å². The summed E-state index contributed by atoms with van der Waals surface area (Å²) in [4.78, 5) is 104. The van der Waals surface area contributed by atoms with E-state index in [1.807, 2.05) is 36.4 Å². The first-order chi connectivity index (χ1) is 34.7. The summed E-state index contributed by atoms with van der Waals surface area (Å²) in [5.41, 5.74) is -3.20. The van der Waals surface area contributed by atoms with Crippen molar-refractivity contribution in [3.63, 3.8) is 0 Å². The summed E-state index contributed by atoms with van der Waals surface area (Å²) in [5, 5.41) is 5.36. The number of halogens is 2. The summed E-state index contributed by atoms with van der Waals surface area (Å²) in [7, 11) is -5.83. The van der Waals surface area contributed by atoms with Crippen LogP contribution in [0.15, 0.2) is 72.8 Å². The number of piperidine rings is 1. The largest absolute Gasteiger partial charge is 0.399 e. The number of likely N-dealkylation sites (tertiary alicyclic amines) is 1. The summed E-state index contributed by atoms with van der Waals surface area (Å²) in [6.07, 6.45) is 4.92. The zero-order chi connectivity index (χ0) is 52.2. The van der Waals surface area contributed by atoms with E-state index < -0.39 is 66.2 Å². The highest BCUT2D eigenvalue weighted by atomic mass is 32.1. The lowest BCUT2D eigenvalue weighted by molar-refractivity contribution is -0.150. The molecule has 4 N–H and O–H groups in total. The van der Waals surface area contributed by atoms with Crippen LogP contribution in [0.25, 0.3) is 10.1 Å². The van der Waals surface area contributed by atoms with Crippen LogP contribution in [-0.2, 0) is 45.4 Å². The molecule has 8 rings (SSSR count). The van der Waals surface area contributed by atoms with Gasteiger partial charge in [-0.3, -0.25) is 38.6 Å². The maximum absolute atomic E-state index is 14.8. The zero-order valence-electron chi connectivity index (χ0n) is 40.9. The quantitative estimate of drug-likeness (QED) is 0.0388. The molecule has 5 atom stereocenters. The molecule has 0 aliphatic carbocycles. The summed E-state index contributed by atoms with van der Waals surface area (Å²) in [6.45, 7) is 7.05. The van der Waals surface area contributed by atoms with Crippen LogP contribution in [0.4, 0.5) is 8.78 Å². The molecular formula is C53H60F2N5O11PS. The normalized spacial score (nSPS) is 20.9. The average molecular weight is 1040 g/mol. The fourth-order valence-electron chi connectivity index (χ4n) is 9.81. The minimum Gasteiger partial charge on any atom is -0.376 e. The van der Waals surface area contributed by atoms with Crippen molar-refractivity contribution in [3.05, 3.63) is 105 Å². The minimum atomic E-state index is -5.83. The second kappa shape index (κ2) is 22.3. The summed E-state index contributed by atoms with van der Waals surface area (Å²) in [6, 6.07) is 16.7. The molecule has 1 aromatic heterocycles. The topological polar surface area (TPSA) is 212 Å². The molecule has 4 aliphatic heterocycles. The molecule has 3 aromatic carbocycles. The molecule has 73 heavy (non-hydrogen) atoms. The molecule has 5 heterocycles. The highest BCUT2D eigenvalue weighted by Gasteiger charge is 2.51. The first kappa shape index (κ1) is 53.4. The number of nitrogens with zero attached hydrogens (tertiary/aromatic N) is 3. The number of hydrogen-bond donors (Lipinski definition) is 4. The van der Waals surface area contributed by atoms with E-state index in [9.17, 15) is 51.9 Å². The van der Waals surface area contributed by atoms with Crippen molar-refractivity contribution >= 4 is 64.5 Å². The fraction of sp³-hybridized carbons (Fsp3) is 0.472. The number of benzene rings is 3. The van der Waals surface area contributed by atoms with E-state index in [1.165, 1.54) is 21.9 Å². The fourth-order valence-corrected chi connectivity index (χ4v) is 11.2. The molecule has 0 saturated carbocycles. The average Bonchev–Trinajstić information content (AvgIpc) is 4.08. The first-order valence-corrected chi connectivity index (χ1v) is 27.1. The molecule has 6 amide bonds. The van der Waals surface area contributed by atoms with Crippen molar-refractivity contribution in [1.29, 1.82) is 0 Å². The zero-order valence-corrected chi connectivity index (χ0v) is 42.7. The number of hydrogen-bond acceptors (Lipinski definition) is 10. The number of fused-ring (bicyclic) bond motifs is 2. The van der Waals surface area contributed by atoms with E-state index >= 15 is 0 Å². The molecule has 4 aliphatic rings. The predicted octanol–water partition coefficient (Wildman–Crippen LogP) is 7.01. The van der Waals surface area contributed by atoms with E-state index in [-0.39, 0.29) is 66.6 Å². The number of ether oxygens (including phenoxy) is 2. The number of morpholine rings is 1. The van der Waals surface area contributed by atoms with Crippen LogP contribution in [0.1, 0.15) is 127 Å². The van der Waals surface area contributed by atoms with Crippen molar-refractivity contribution in [2.75, 3.05) is 32.8 Å². The van der Waals surface area contributed by atoms with Gasteiger partial charge in [-0.2, -0.15) is 8.78 Å². The number of amides is 6. The molecule has 0 bridgehead atoms. The second-order valence-electron chi connectivity index (χ2n) is 20.1. The third-order valence-corrected chi connectivity index (χ3v) is 15.9. The van der Waals surface area contributed by atoms with Gasteiger partial charge in [0.15, 0.2) is 0 Å². The van der Waals surface area contributed by atoms with Crippen molar-refractivity contribution in [2.24, 2.45) is 5.41 Å². The van der Waals surface area contributed by atoms with Gasteiger partial charge >= 0.3 is 13.3 Å². The van der Waals surface area contributed by atoms with Gasteiger partial charge in [-0.05, 0) is 71.5 Å². The summed E-state index contributed by atoms with van der Waals surface area (Å²) < 4.78 is 53.6. The highest BCUT2D eigenvalue weighted by molar-refractivity contribution is 7.52. The third-order valence-electron chi connectivity index (χ3n) is 13.8. The van der Waals surface area contributed by atoms with Crippen molar-refractivity contribution in [2.45, 2.75) is 121 Å². The van der Waals surface area contributed by atoms with Gasteiger partial charge in [-0.25, -0.2) is 0 Å². The monoisotopic (exact) mass is 1040 g/mol. The van der Waals surface area contributed by atoms with Gasteiger partial charge in [-0.1, -0.05) is 94.3 Å². The van der Waals surface area contributed by atoms with Crippen molar-refractivity contribution in [1.82, 2.24) is 25.3 Å². The lowest BCUT2D eigenvalue weighted by Gasteiger charge is -2.38. The van der Waals surface area contributed by atoms with Crippen LogP contribution in [0.3, 0.4) is 0 Å². The predicted molar refractivity (Wildman–Crippen MR) is 267 cm³/mol. The van der Waals surface area contributed by atoms with Crippen molar-refractivity contribution in [3.8, 4) is 11.8 Å². The Labute approximate surface area is 426 Å². The number of alkyl halides is 2. The number of nitrogens with one attached hydrogen (secondary N) is 2. The van der Waals surface area contributed by atoms with Gasteiger partial charge in [0.25, 0.3) is 11.8 Å². The number of rotatable bonds is 16. The number of unbranched alkanes of at least 4 members (excludes halogenated alkanes) is 5. The Kier molecular flexibility index (Phi) is 16.3. The van der Waals surface area contributed by atoms with Crippen LogP contribution in [-0.4, -0.2) is 117 Å². The minimum absolute atomic E-state index is 0.0903. The number of carbonyl (C=O) groups is 6. The van der Waals surface area contributed by atoms with E-state index in [0.717, 1.165) is 72.3 Å². The molecule has 0 radical (unpaired) electrons. The Balaban J connectivity index is 0.872. The molecule has 20 heteroatoms. The van der Waals surface area contributed by atoms with Gasteiger partial charge < -0.3 is 39.3 Å². The van der Waals surface area contributed by atoms with E-state index in [0.29, 0.717) is 42.9 Å². The Morgan fingerprint density at radius 3 is 2.47 bits per heavy atom. The number of carbonyl (C=O) groups excluding carboxylic acids is 6. The lowest BCUT2D eigenvalue weighted by Crippen LogP contribution is -2.58. The van der Waals surface area contributed by atoms with E-state index in [1.54, 1.807) is 37.8 Å². The van der Waals surface area contributed by atoms with Crippen LogP contribution in [0, 0.1) is 17.3 Å². The van der Waals surface area contributed by atoms with Gasteiger partial charge in [-0.15, -0.1) is 11.3 Å². The van der Waals surface area contributed by atoms with E-state index in [2.05, 4.69) is 22.5 Å². The Morgan fingerprint density at radius 2 is 1.73 bits per heavy atom. The van der Waals surface area contributed by atoms with Crippen LogP contribution in [0.2, 0.25) is 0 Å². The van der Waals surface area contributed by atoms with Crippen molar-refractivity contribution < 1.29 is 61.4 Å². The molecule has 3 fully saturated rings. The molecule has 16 nitrogen and oxygen atoms in total. The number of imide groups is 1. The van der Waals surface area contributed by atoms with Crippen LogP contribution >= 0.6 is 18.9 Å². The Morgan fingerprint density at radius 1 is 0.973 bits per heavy atom. The highest BCUT2D eigenvalue weighted by Crippen LogP contribution is 2.59. The standard InChI is InChI=1S/C53H60F2N5O11PS/c1-52(2,3)46(57-48(63)44-28-35-27-36(20-22-43(35)73-44)53(54,55)72(67,68)69)51(66)59-30-37(29-41(59)50(65)58-24-26-71-42(32-58)34-16-11-9-12-17-34)70-25-13-8-6-4-5-7-10-15-33-18-14-19-38-39(33)31-60(49(38)64)40-21-23-45(61)56-47(40)62/h9,11-12,14,16-20,22,27-28,37,40-42,46H,4-8,13,21,23-26,29-32H2,1-3H3,(H,57,63)(H,56,61,62)(H2,67,68,69)/t37-,40?,41-,42-,46?/m0/s1. The SMILES string of the molecule is CC(C)(C)C(NC(=O)c1cc2cc(C(F)(F)P(=O)(O)O)ccc2s1)C(=O)N1C[C@@H](OCCCCCCCC#Cc2cccc3c2CN(C2CCC(=O)NC2=O)C3=O)C[C@H]1C(=O)N1CCO[C@H](c2ccccc2)C1. The Hall–Kier alpha value is -5.87. The number of thiophene rings is 1. The van der Waals surface area contributed by atoms with Crippen LogP contribution < -0.4 is 10.6 Å². The first-order valence-electron chi connectivity index (χ1n) is 24.6. The van der Waals surface area contributed by atoms with Crippen LogP contribution in [0.5, 0.6) is 0 Å². The van der Waals surface area contributed by atoms with Gasteiger partial charge in [0.1, 0.15) is 24.2 Å². The molecular weight excluding hydrogens is 984 g/mol. The second-order valence-corrected chi connectivity index (χ2v) is 22.8. The third kappa shape index (κ3) is 12.1. The molecule has 3 saturated heterocycles. The molecule has 4 aromatic rings. The molecule has 2 unspecified atom stereocenters. The van der Waals surface area contributed by atoms with Gasteiger partial charge in [0, 0.05) is 66.9 Å². The van der Waals surface area contributed by atoms with Gasteiger partial charge in [0.05, 0.1) is 24.1 Å².